The molecule has 2 rings (SSSR count). The highest BCUT2D eigenvalue weighted by molar-refractivity contribution is 14.0. The van der Waals surface area contributed by atoms with Crippen LogP contribution in [0.2, 0.25) is 0 Å². The highest BCUT2D eigenvalue weighted by Gasteiger charge is 2.08. The molecule has 2 heterocycles. The van der Waals surface area contributed by atoms with Gasteiger partial charge in [-0.05, 0) is 25.5 Å². The minimum atomic E-state index is 0. The average molecular weight is 435 g/mol. The molecule has 1 fully saturated rings. The predicted octanol–water partition coefficient (Wildman–Crippen LogP) is 1.38. The summed E-state index contributed by atoms with van der Waals surface area (Å²) in [4.78, 5) is 7.09. The van der Waals surface area contributed by atoms with E-state index in [1.807, 2.05) is 12.1 Å². The van der Waals surface area contributed by atoms with Crippen LogP contribution in [0.3, 0.4) is 0 Å². The van der Waals surface area contributed by atoms with Gasteiger partial charge in [-0.1, -0.05) is 0 Å². The summed E-state index contributed by atoms with van der Waals surface area (Å²) < 4.78 is 7.52. The first-order valence-electron chi connectivity index (χ1n) is 8.31. The van der Waals surface area contributed by atoms with Gasteiger partial charge >= 0.3 is 0 Å². The van der Waals surface area contributed by atoms with Crippen molar-refractivity contribution < 1.29 is 4.74 Å². The molecule has 132 valence electrons. The third kappa shape index (κ3) is 8.57. The van der Waals surface area contributed by atoms with Gasteiger partial charge in [0.1, 0.15) is 0 Å². The quantitative estimate of drug-likeness (QED) is 0.281. The van der Waals surface area contributed by atoms with E-state index in [0.29, 0.717) is 0 Å². The normalized spacial score (nSPS) is 16.0. The van der Waals surface area contributed by atoms with Crippen LogP contribution < -0.4 is 10.6 Å². The fourth-order valence-corrected chi connectivity index (χ4v) is 2.47. The molecule has 0 amide bonds. The molecule has 1 aliphatic heterocycles. The first-order valence-corrected chi connectivity index (χ1v) is 8.31. The van der Waals surface area contributed by atoms with Crippen LogP contribution in [0.4, 0.5) is 0 Å². The Kier molecular flexibility index (Phi) is 11.1. The Morgan fingerprint density at radius 3 is 2.57 bits per heavy atom. The molecule has 1 aromatic heterocycles. The zero-order valence-electron chi connectivity index (χ0n) is 14.0. The van der Waals surface area contributed by atoms with Crippen molar-refractivity contribution >= 4 is 29.9 Å². The topological polar surface area (TPSA) is 53.8 Å². The van der Waals surface area contributed by atoms with E-state index in [4.69, 9.17) is 4.74 Å². The maximum absolute atomic E-state index is 5.36. The zero-order valence-corrected chi connectivity index (χ0v) is 16.4. The third-order valence-corrected chi connectivity index (χ3v) is 3.68. The van der Waals surface area contributed by atoms with Gasteiger partial charge in [0.2, 0.25) is 0 Å². The Morgan fingerprint density at radius 2 is 1.87 bits per heavy atom. The number of nitrogens with zero attached hydrogens (tertiary/aromatic N) is 3. The number of aliphatic imine (C=N–C) groups is 1. The lowest BCUT2D eigenvalue weighted by Crippen LogP contribution is -2.39. The summed E-state index contributed by atoms with van der Waals surface area (Å²) in [5, 5.41) is 6.68. The predicted molar refractivity (Wildman–Crippen MR) is 106 cm³/mol. The first kappa shape index (κ1) is 20.2. The maximum Gasteiger partial charge on any atom is 0.191 e. The van der Waals surface area contributed by atoms with Gasteiger partial charge < -0.3 is 19.9 Å². The molecule has 1 aromatic rings. The summed E-state index contributed by atoms with van der Waals surface area (Å²) in [7, 11) is 0. The van der Waals surface area contributed by atoms with Crippen molar-refractivity contribution in [3.8, 4) is 0 Å². The largest absolute Gasteiger partial charge is 0.379 e. The van der Waals surface area contributed by atoms with Crippen molar-refractivity contribution in [1.29, 1.82) is 0 Å². The van der Waals surface area contributed by atoms with E-state index in [0.717, 1.165) is 71.4 Å². The second-order valence-corrected chi connectivity index (χ2v) is 5.42. The lowest BCUT2D eigenvalue weighted by Gasteiger charge is -2.26. The van der Waals surface area contributed by atoms with Crippen molar-refractivity contribution in [2.45, 2.75) is 19.9 Å². The van der Waals surface area contributed by atoms with Crippen molar-refractivity contribution in [3.05, 3.63) is 24.5 Å². The number of nitrogens with one attached hydrogen (secondary N) is 2. The molecule has 0 unspecified atom stereocenters. The van der Waals surface area contributed by atoms with Crippen molar-refractivity contribution in [3.63, 3.8) is 0 Å². The van der Waals surface area contributed by atoms with Crippen LogP contribution in [-0.2, 0) is 11.3 Å². The van der Waals surface area contributed by atoms with E-state index in [9.17, 15) is 0 Å². The fourth-order valence-electron chi connectivity index (χ4n) is 2.47. The molecular formula is C16H30IN5O. The van der Waals surface area contributed by atoms with E-state index in [1.54, 1.807) is 0 Å². The molecule has 0 spiro atoms. The Hall–Kier alpha value is -0.800. The van der Waals surface area contributed by atoms with Gasteiger partial charge in [-0.3, -0.25) is 9.89 Å². The lowest BCUT2D eigenvalue weighted by atomic mass is 10.3. The molecule has 0 aromatic carbocycles. The molecule has 6 nitrogen and oxygen atoms in total. The van der Waals surface area contributed by atoms with Gasteiger partial charge in [0.25, 0.3) is 0 Å². The summed E-state index contributed by atoms with van der Waals surface area (Å²) in [5.41, 5.74) is 0. The minimum absolute atomic E-state index is 0. The van der Waals surface area contributed by atoms with Gasteiger partial charge in [0.05, 0.1) is 13.2 Å². The number of aromatic nitrogens is 1. The van der Waals surface area contributed by atoms with Crippen LogP contribution in [0.1, 0.15) is 13.3 Å². The highest BCUT2D eigenvalue weighted by Crippen LogP contribution is 1.98. The Morgan fingerprint density at radius 1 is 1.13 bits per heavy atom. The number of hydrogen-bond donors (Lipinski definition) is 2. The van der Waals surface area contributed by atoms with Crippen LogP contribution in [0, 0.1) is 0 Å². The molecule has 0 aliphatic carbocycles. The summed E-state index contributed by atoms with van der Waals surface area (Å²) in [5.74, 6) is 0.914. The van der Waals surface area contributed by atoms with Crippen LogP contribution in [0.15, 0.2) is 29.5 Å². The third-order valence-electron chi connectivity index (χ3n) is 3.68. The van der Waals surface area contributed by atoms with E-state index in [2.05, 4.69) is 44.4 Å². The number of hydrogen-bond acceptors (Lipinski definition) is 3. The standard InChI is InChI=1S/C16H29N5O.HI/c1-2-17-16(19-7-11-20-8-3-4-9-20)18-6-5-10-21-12-14-22-15-13-21;/h3-4,8-9H,2,5-7,10-15H2,1H3,(H2,17,18,19);1H. The summed E-state index contributed by atoms with van der Waals surface area (Å²) in [6, 6.07) is 4.09. The number of rotatable bonds is 8. The second-order valence-electron chi connectivity index (χ2n) is 5.42. The lowest BCUT2D eigenvalue weighted by molar-refractivity contribution is 0.0377. The van der Waals surface area contributed by atoms with Crippen LogP contribution in [-0.4, -0.2) is 67.9 Å². The van der Waals surface area contributed by atoms with Crippen molar-refractivity contribution in [2.24, 2.45) is 4.99 Å². The van der Waals surface area contributed by atoms with E-state index < -0.39 is 0 Å². The molecule has 2 N–H and O–H groups in total. The van der Waals surface area contributed by atoms with Gasteiger partial charge in [0, 0.05) is 58.2 Å². The summed E-state index contributed by atoms with van der Waals surface area (Å²) >= 11 is 0. The molecule has 0 bridgehead atoms. The Labute approximate surface area is 156 Å². The zero-order chi connectivity index (χ0) is 15.5. The Bertz CT molecular complexity index is 418. The second kappa shape index (κ2) is 12.6. The number of ether oxygens (including phenoxy) is 1. The maximum atomic E-state index is 5.36. The van der Waals surface area contributed by atoms with Crippen LogP contribution in [0.25, 0.3) is 0 Å². The molecule has 7 heteroatoms. The summed E-state index contributed by atoms with van der Waals surface area (Å²) in [6.45, 7) is 10.6. The monoisotopic (exact) mass is 435 g/mol. The number of halogens is 1. The van der Waals surface area contributed by atoms with Crippen molar-refractivity contribution in [1.82, 2.24) is 20.1 Å². The molecule has 1 saturated heterocycles. The minimum Gasteiger partial charge on any atom is -0.379 e. The van der Waals surface area contributed by atoms with Crippen LogP contribution in [0.5, 0.6) is 0 Å². The van der Waals surface area contributed by atoms with Crippen molar-refractivity contribution in [2.75, 3.05) is 52.5 Å². The van der Waals surface area contributed by atoms with Gasteiger partial charge in [0.15, 0.2) is 5.96 Å². The number of guanidine groups is 1. The smallest absolute Gasteiger partial charge is 0.191 e. The highest BCUT2D eigenvalue weighted by atomic mass is 127. The van der Waals surface area contributed by atoms with Gasteiger partial charge in [-0.15, -0.1) is 24.0 Å². The molecule has 23 heavy (non-hydrogen) atoms. The number of morpholine rings is 1. The SMILES string of the molecule is CCNC(=NCCCN1CCOCC1)NCCn1cccc1.I. The van der Waals surface area contributed by atoms with E-state index >= 15 is 0 Å². The molecule has 0 atom stereocenters. The fraction of sp³-hybridized carbons (Fsp3) is 0.688. The van der Waals surface area contributed by atoms with Gasteiger partial charge in [-0.2, -0.15) is 0 Å². The van der Waals surface area contributed by atoms with Crippen LogP contribution >= 0.6 is 24.0 Å². The molecule has 0 radical (unpaired) electrons. The Balaban J connectivity index is 0.00000264. The molecule has 1 aliphatic rings. The van der Waals surface area contributed by atoms with Gasteiger partial charge in [-0.25, -0.2) is 0 Å². The molecule has 0 saturated carbocycles. The first-order chi connectivity index (χ1) is 10.9. The van der Waals surface area contributed by atoms with E-state index in [1.165, 1.54) is 0 Å². The van der Waals surface area contributed by atoms with E-state index in [-0.39, 0.29) is 24.0 Å². The summed E-state index contributed by atoms with van der Waals surface area (Å²) in [6.07, 6.45) is 5.25. The average Bonchev–Trinajstić information content (AvgIpc) is 3.06. The molecular weight excluding hydrogens is 405 g/mol.